The molecule has 0 aromatic heterocycles. The van der Waals surface area contributed by atoms with E-state index in [1.54, 1.807) is 4.90 Å². The molecule has 0 N–H and O–H groups in total. The van der Waals surface area contributed by atoms with Gasteiger partial charge in [0, 0.05) is 19.6 Å². The molecule has 10 heteroatoms. The van der Waals surface area contributed by atoms with E-state index in [1.165, 1.54) is 0 Å². The summed E-state index contributed by atoms with van der Waals surface area (Å²) in [6.07, 6.45) is 0.773. The molecule has 0 unspecified atom stereocenters. The van der Waals surface area contributed by atoms with Crippen molar-refractivity contribution < 1.29 is 14.4 Å². The zero-order chi connectivity index (χ0) is 16.1. The molecule has 0 aromatic carbocycles. The van der Waals surface area contributed by atoms with Crippen LogP contribution in [0.25, 0.3) is 0 Å². The molecule has 0 amide bonds. The first-order chi connectivity index (χ1) is 10.5. The van der Waals surface area contributed by atoms with Gasteiger partial charge in [0.25, 0.3) is 0 Å². The number of rotatable bonds is 4. The van der Waals surface area contributed by atoms with Crippen molar-refractivity contribution in [2.75, 3.05) is 46.2 Å². The van der Waals surface area contributed by atoms with E-state index < -0.39 is 4.92 Å². The number of nitrogens with zero attached hydrogens (tertiary/aromatic N) is 3. The molecule has 2 saturated heterocycles. The minimum Gasteiger partial charge on any atom is -0.378 e. The van der Waals surface area contributed by atoms with E-state index in [0.29, 0.717) is 45.3 Å². The molecule has 0 atom stereocenters. The lowest BCUT2D eigenvalue weighted by atomic mass is 10.3. The number of hydrogen-bond donors (Lipinski definition) is 0. The second kappa shape index (κ2) is 8.21. The van der Waals surface area contributed by atoms with E-state index >= 15 is 0 Å². The van der Waals surface area contributed by atoms with Gasteiger partial charge in [-0.2, -0.15) is 0 Å². The molecule has 2 rings (SSSR count). The predicted molar refractivity (Wildman–Crippen MR) is 83.1 cm³/mol. The zero-order valence-corrected chi connectivity index (χ0v) is 14.0. The fraction of sp³-hybridized carbons (Fsp3) is 0.667. The molecule has 0 aromatic rings. The zero-order valence-electron chi connectivity index (χ0n) is 11.8. The van der Waals surface area contributed by atoms with Crippen LogP contribution >= 0.6 is 34.8 Å². The van der Waals surface area contributed by atoms with E-state index in [-0.39, 0.29) is 22.0 Å². The molecule has 124 valence electrons. The van der Waals surface area contributed by atoms with E-state index in [9.17, 15) is 10.1 Å². The maximum absolute atomic E-state index is 11.6. The summed E-state index contributed by atoms with van der Waals surface area (Å²) in [5.74, 6) is 0.372. The fourth-order valence-electron chi connectivity index (χ4n) is 2.39. The first kappa shape index (κ1) is 17.6. The summed E-state index contributed by atoms with van der Waals surface area (Å²) < 4.78 is 10.4. The Balaban J connectivity index is 2.48. The Morgan fingerprint density at radius 3 is 2.18 bits per heavy atom. The standard InChI is InChI=1S/C12H16Cl3N3O4/c13-9(11(14)15)10(18(19)20)12(16-3-6-21-7-4-16)17-2-1-5-22-8-17/h1-8H2/b12-10-. The van der Waals surface area contributed by atoms with Crippen molar-refractivity contribution >= 4 is 34.8 Å². The van der Waals surface area contributed by atoms with E-state index in [2.05, 4.69) is 0 Å². The second-order valence-corrected chi connectivity index (χ2v) is 6.08. The second-order valence-electron chi connectivity index (χ2n) is 4.76. The highest BCUT2D eigenvalue weighted by Crippen LogP contribution is 2.31. The van der Waals surface area contributed by atoms with E-state index in [0.717, 1.165) is 6.42 Å². The number of morpholine rings is 1. The summed E-state index contributed by atoms with van der Waals surface area (Å²) in [6, 6.07) is 0. The molecule has 2 aliphatic heterocycles. The van der Waals surface area contributed by atoms with Crippen molar-refractivity contribution in [2.24, 2.45) is 0 Å². The molecule has 0 saturated carbocycles. The maximum atomic E-state index is 11.6. The Kier molecular flexibility index (Phi) is 6.58. The number of hydrogen-bond acceptors (Lipinski definition) is 6. The molecule has 2 aliphatic rings. The van der Waals surface area contributed by atoms with Crippen LogP contribution in [0.2, 0.25) is 0 Å². The molecule has 0 aliphatic carbocycles. The first-order valence-corrected chi connectivity index (χ1v) is 7.91. The van der Waals surface area contributed by atoms with Crippen LogP contribution in [-0.2, 0) is 9.47 Å². The number of allylic oxidation sites excluding steroid dienone is 1. The van der Waals surface area contributed by atoms with Crippen LogP contribution in [0.3, 0.4) is 0 Å². The molecular weight excluding hydrogens is 357 g/mol. The highest BCUT2D eigenvalue weighted by Gasteiger charge is 2.34. The Bertz CT molecular complexity index is 462. The Morgan fingerprint density at radius 1 is 1.00 bits per heavy atom. The Morgan fingerprint density at radius 2 is 1.68 bits per heavy atom. The predicted octanol–water partition coefficient (Wildman–Crippen LogP) is 2.33. The van der Waals surface area contributed by atoms with Crippen molar-refractivity contribution in [3.8, 4) is 0 Å². The van der Waals surface area contributed by atoms with E-state index in [1.807, 2.05) is 4.90 Å². The van der Waals surface area contributed by atoms with Gasteiger partial charge in [0.2, 0.25) is 0 Å². The highest BCUT2D eigenvalue weighted by molar-refractivity contribution is 6.59. The first-order valence-electron chi connectivity index (χ1n) is 6.77. The van der Waals surface area contributed by atoms with Gasteiger partial charge in [0.05, 0.1) is 24.7 Å². The molecule has 22 heavy (non-hydrogen) atoms. The third-order valence-electron chi connectivity index (χ3n) is 3.34. The van der Waals surface area contributed by atoms with Gasteiger partial charge < -0.3 is 19.3 Å². The summed E-state index contributed by atoms with van der Waals surface area (Å²) in [7, 11) is 0. The monoisotopic (exact) mass is 371 g/mol. The van der Waals surface area contributed by atoms with Gasteiger partial charge in [-0.05, 0) is 6.42 Å². The third-order valence-corrected chi connectivity index (χ3v) is 4.28. The molecule has 7 nitrogen and oxygen atoms in total. The minimum atomic E-state index is -0.563. The molecule has 2 heterocycles. The number of nitro groups is 1. The van der Waals surface area contributed by atoms with Crippen LogP contribution in [0.5, 0.6) is 0 Å². The topological polar surface area (TPSA) is 68.1 Å². The van der Waals surface area contributed by atoms with Gasteiger partial charge in [-0.3, -0.25) is 10.1 Å². The van der Waals surface area contributed by atoms with Crippen molar-refractivity contribution in [1.29, 1.82) is 0 Å². The minimum absolute atomic E-state index is 0.258. The number of ether oxygens (including phenoxy) is 2. The van der Waals surface area contributed by atoms with Gasteiger partial charge in [0.15, 0.2) is 10.9 Å². The van der Waals surface area contributed by atoms with Crippen molar-refractivity contribution in [1.82, 2.24) is 9.80 Å². The van der Waals surface area contributed by atoms with Crippen LogP contribution < -0.4 is 0 Å². The third kappa shape index (κ3) is 4.17. The van der Waals surface area contributed by atoms with Gasteiger partial charge in [0.1, 0.15) is 11.2 Å². The van der Waals surface area contributed by atoms with E-state index in [4.69, 9.17) is 44.3 Å². The van der Waals surface area contributed by atoms with Gasteiger partial charge >= 0.3 is 5.70 Å². The average molecular weight is 373 g/mol. The number of halogens is 3. The summed E-state index contributed by atoms with van der Waals surface area (Å²) in [5, 5.41) is 11.3. The lowest BCUT2D eigenvalue weighted by Crippen LogP contribution is -2.46. The summed E-state index contributed by atoms with van der Waals surface area (Å²) >= 11 is 17.3. The van der Waals surface area contributed by atoms with Gasteiger partial charge in [-0.15, -0.1) is 0 Å². The largest absolute Gasteiger partial charge is 0.378 e. The van der Waals surface area contributed by atoms with Crippen LogP contribution in [0.4, 0.5) is 0 Å². The van der Waals surface area contributed by atoms with Crippen molar-refractivity contribution in [3.63, 3.8) is 0 Å². The van der Waals surface area contributed by atoms with Crippen LogP contribution in [0.15, 0.2) is 21.0 Å². The van der Waals surface area contributed by atoms with Crippen LogP contribution in [0.1, 0.15) is 6.42 Å². The molecule has 0 spiro atoms. The fourth-order valence-corrected chi connectivity index (χ4v) is 2.72. The van der Waals surface area contributed by atoms with Gasteiger partial charge in [-0.25, -0.2) is 0 Å². The van der Waals surface area contributed by atoms with Crippen molar-refractivity contribution in [2.45, 2.75) is 6.42 Å². The molecule has 2 fully saturated rings. The average Bonchev–Trinajstić information content (AvgIpc) is 2.53. The smallest absolute Gasteiger partial charge is 0.330 e. The Hall–Kier alpha value is -0.730. The molecule has 0 bridgehead atoms. The quantitative estimate of drug-likeness (QED) is 0.429. The van der Waals surface area contributed by atoms with Crippen LogP contribution in [0, 0.1) is 10.1 Å². The SMILES string of the molecule is O=[N+]([O-])/C(C(Cl)=C(Cl)Cl)=C(/N1CCOCC1)N1CCCOC1. The summed E-state index contributed by atoms with van der Waals surface area (Å²) in [5.41, 5.74) is -0.311. The lowest BCUT2D eigenvalue weighted by molar-refractivity contribution is -0.423. The Labute approximate surface area is 143 Å². The highest BCUT2D eigenvalue weighted by atomic mass is 35.5. The molecular formula is C12H16Cl3N3O4. The summed E-state index contributed by atoms with van der Waals surface area (Å²) in [6.45, 7) is 3.53. The summed E-state index contributed by atoms with van der Waals surface area (Å²) in [4.78, 5) is 14.6. The van der Waals surface area contributed by atoms with Crippen LogP contribution in [-0.4, -0.2) is 60.9 Å². The lowest BCUT2D eigenvalue weighted by Gasteiger charge is -2.38. The molecule has 0 radical (unpaired) electrons. The normalized spacial score (nSPS) is 20.5. The van der Waals surface area contributed by atoms with Gasteiger partial charge in [-0.1, -0.05) is 34.8 Å². The maximum Gasteiger partial charge on any atom is 0.330 e. The van der Waals surface area contributed by atoms with Crippen molar-refractivity contribution in [3.05, 3.63) is 31.2 Å².